The van der Waals surface area contributed by atoms with Crippen molar-refractivity contribution in [3.63, 3.8) is 0 Å². The predicted molar refractivity (Wildman–Crippen MR) is 69.5 cm³/mol. The van der Waals surface area contributed by atoms with Crippen molar-refractivity contribution in [2.24, 2.45) is 12.8 Å². The van der Waals surface area contributed by atoms with Gasteiger partial charge in [-0.25, -0.2) is 0 Å². The third-order valence-corrected chi connectivity index (χ3v) is 3.33. The van der Waals surface area contributed by atoms with Gasteiger partial charge < -0.3 is 10.3 Å². The number of aryl methyl sites for hydroxylation is 2. The average molecular weight is 216 g/mol. The summed E-state index contributed by atoms with van der Waals surface area (Å²) in [6.07, 6.45) is 4.22. The minimum absolute atomic E-state index is 0.149. The van der Waals surface area contributed by atoms with Crippen molar-refractivity contribution in [2.45, 2.75) is 32.7 Å². The quantitative estimate of drug-likeness (QED) is 0.839. The van der Waals surface area contributed by atoms with Gasteiger partial charge in [-0.15, -0.1) is 0 Å². The topological polar surface area (TPSA) is 30.9 Å². The van der Waals surface area contributed by atoms with Gasteiger partial charge in [0.15, 0.2) is 0 Å². The Morgan fingerprint density at radius 2 is 2.06 bits per heavy atom. The molecule has 0 saturated heterocycles. The molecule has 0 radical (unpaired) electrons. The fourth-order valence-electron chi connectivity index (χ4n) is 2.20. The first-order valence-corrected chi connectivity index (χ1v) is 6.00. The number of benzene rings is 1. The van der Waals surface area contributed by atoms with Crippen LogP contribution >= 0.6 is 0 Å². The van der Waals surface area contributed by atoms with Gasteiger partial charge in [-0.1, -0.05) is 19.9 Å². The molecule has 0 fully saturated rings. The van der Waals surface area contributed by atoms with Gasteiger partial charge >= 0.3 is 0 Å². The maximum absolute atomic E-state index is 6.15. The van der Waals surface area contributed by atoms with E-state index < -0.39 is 0 Å². The highest BCUT2D eigenvalue weighted by atomic mass is 14.9. The molecule has 0 aliphatic heterocycles. The number of hydrogen-bond acceptors (Lipinski definition) is 1. The lowest BCUT2D eigenvalue weighted by atomic mass is 10.0. The highest BCUT2D eigenvalue weighted by Crippen LogP contribution is 2.27. The van der Waals surface area contributed by atoms with E-state index in [1.807, 2.05) is 0 Å². The van der Waals surface area contributed by atoms with Crippen LogP contribution in [0.2, 0.25) is 0 Å². The second kappa shape index (κ2) is 4.30. The number of hydrogen-bond donors (Lipinski definition) is 1. The molecule has 0 saturated carbocycles. The second-order valence-electron chi connectivity index (χ2n) is 4.42. The van der Waals surface area contributed by atoms with E-state index in [0.29, 0.717) is 0 Å². The molecule has 0 bridgehead atoms. The van der Waals surface area contributed by atoms with E-state index >= 15 is 0 Å². The smallest absolute Gasteiger partial charge is 0.0481 e. The Morgan fingerprint density at radius 3 is 2.69 bits per heavy atom. The molecule has 0 amide bonds. The van der Waals surface area contributed by atoms with Crippen molar-refractivity contribution in [1.29, 1.82) is 0 Å². The van der Waals surface area contributed by atoms with E-state index in [-0.39, 0.29) is 6.04 Å². The van der Waals surface area contributed by atoms with Gasteiger partial charge in [-0.2, -0.15) is 0 Å². The van der Waals surface area contributed by atoms with Gasteiger partial charge in [-0.05, 0) is 36.1 Å². The zero-order chi connectivity index (χ0) is 11.7. The SMILES string of the molecule is CCc1ccc2c(c1)c(C(N)CC)cn2C. The first-order valence-electron chi connectivity index (χ1n) is 6.00. The fourth-order valence-corrected chi connectivity index (χ4v) is 2.20. The van der Waals surface area contributed by atoms with Gasteiger partial charge in [-0.3, -0.25) is 0 Å². The van der Waals surface area contributed by atoms with Gasteiger partial charge in [0.05, 0.1) is 0 Å². The molecule has 1 atom stereocenters. The van der Waals surface area contributed by atoms with Crippen LogP contribution in [0.4, 0.5) is 0 Å². The number of fused-ring (bicyclic) bond motifs is 1. The molecule has 0 spiro atoms. The van der Waals surface area contributed by atoms with Crippen LogP contribution in [-0.4, -0.2) is 4.57 Å². The van der Waals surface area contributed by atoms with Crippen LogP contribution < -0.4 is 5.73 Å². The summed E-state index contributed by atoms with van der Waals surface area (Å²) in [5, 5.41) is 1.32. The minimum atomic E-state index is 0.149. The predicted octanol–water partition coefficient (Wildman–Crippen LogP) is 3.15. The third kappa shape index (κ3) is 1.74. The monoisotopic (exact) mass is 216 g/mol. The maximum Gasteiger partial charge on any atom is 0.0481 e. The molecule has 16 heavy (non-hydrogen) atoms. The molecule has 2 N–H and O–H groups in total. The Balaban J connectivity index is 2.65. The molecule has 1 aromatic heterocycles. The molecular weight excluding hydrogens is 196 g/mol. The summed E-state index contributed by atoms with van der Waals surface area (Å²) < 4.78 is 2.17. The molecule has 1 heterocycles. The first-order chi connectivity index (χ1) is 7.67. The Labute approximate surface area is 97.1 Å². The van der Waals surface area contributed by atoms with Crippen molar-refractivity contribution in [3.05, 3.63) is 35.5 Å². The average Bonchev–Trinajstić information content (AvgIpc) is 2.65. The first kappa shape index (κ1) is 11.2. The zero-order valence-electron chi connectivity index (χ0n) is 10.3. The van der Waals surface area contributed by atoms with E-state index in [2.05, 4.69) is 49.9 Å². The van der Waals surface area contributed by atoms with Crippen LogP contribution in [0, 0.1) is 0 Å². The van der Waals surface area contributed by atoms with Gasteiger partial charge in [0.25, 0.3) is 0 Å². The molecule has 1 aromatic carbocycles. The van der Waals surface area contributed by atoms with E-state index in [4.69, 9.17) is 5.73 Å². The summed E-state index contributed by atoms with van der Waals surface area (Å²) >= 11 is 0. The molecule has 86 valence electrons. The van der Waals surface area contributed by atoms with Crippen molar-refractivity contribution < 1.29 is 0 Å². The summed E-state index contributed by atoms with van der Waals surface area (Å²) in [6, 6.07) is 6.82. The summed E-state index contributed by atoms with van der Waals surface area (Å²) in [5.41, 5.74) is 10.1. The molecule has 0 aliphatic rings. The van der Waals surface area contributed by atoms with Crippen LogP contribution in [0.1, 0.15) is 37.4 Å². The van der Waals surface area contributed by atoms with Gasteiger partial charge in [0.2, 0.25) is 0 Å². The van der Waals surface area contributed by atoms with Crippen LogP contribution in [0.3, 0.4) is 0 Å². The summed E-state index contributed by atoms with van der Waals surface area (Å²) in [7, 11) is 2.08. The van der Waals surface area contributed by atoms with E-state index in [1.165, 1.54) is 22.0 Å². The molecule has 2 heteroatoms. The highest BCUT2D eigenvalue weighted by Gasteiger charge is 2.11. The highest BCUT2D eigenvalue weighted by molar-refractivity contribution is 5.85. The van der Waals surface area contributed by atoms with Crippen molar-refractivity contribution >= 4 is 10.9 Å². The van der Waals surface area contributed by atoms with E-state index in [0.717, 1.165) is 12.8 Å². The van der Waals surface area contributed by atoms with Crippen LogP contribution in [0.15, 0.2) is 24.4 Å². The summed E-state index contributed by atoms with van der Waals surface area (Å²) in [5.74, 6) is 0. The maximum atomic E-state index is 6.15. The van der Waals surface area contributed by atoms with Crippen molar-refractivity contribution in [2.75, 3.05) is 0 Å². The Hall–Kier alpha value is -1.28. The molecule has 0 aliphatic carbocycles. The minimum Gasteiger partial charge on any atom is -0.350 e. The Kier molecular flexibility index (Phi) is 3.01. The Morgan fingerprint density at radius 1 is 1.31 bits per heavy atom. The lowest BCUT2D eigenvalue weighted by Gasteiger charge is -2.07. The number of aromatic nitrogens is 1. The summed E-state index contributed by atoms with van der Waals surface area (Å²) in [4.78, 5) is 0. The third-order valence-electron chi connectivity index (χ3n) is 3.33. The zero-order valence-corrected chi connectivity index (χ0v) is 10.3. The van der Waals surface area contributed by atoms with Gasteiger partial charge in [0.1, 0.15) is 0 Å². The van der Waals surface area contributed by atoms with Gasteiger partial charge in [0, 0.05) is 30.2 Å². The van der Waals surface area contributed by atoms with Crippen LogP contribution in [-0.2, 0) is 13.5 Å². The van der Waals surface area contributed by atoms with Crippen LogP contribution in [0.5, 0.6) is 0 Å². The van der Waals surface area contributed by atoms with Crippen molar-refractivity contribution in [3.8, 4) is 0 Å². The molecule has 2 aromatic rings. The second-order valence-corrected chi connectivity index (χ2v) is 4.42. The lowest BCUT2D eigenvalue weighted by Crippen LogP contribution is -2.07. The molecule has 2 rings (SSSR count). The van der Waals surface area contributed by atoms with Crippen molar-refractivity contribution in [1.82, 2.24) is 4.57 Å². The lowest BCUT2D eigenvalue weighted by molar-refractivity contribution is 0.700. The largest absolute Gasteiger partial charge is 0.350 e. The van der Waals surface area contributed by atoms with E-state index in [1.54, 1.807) is 0 Å². The molecular formula is C14H20N2. The number of nitrogens with zero attached hydrogens (tertiary/aromatic N) is 1. The van der Waals surface area contributed by atoms with E-state index in [9.17, 15) is 0 Å². The Bertz CT molecular complexity index is 497. The normalized spacial score (nSPS) is 13.2. The number of nitrogens with two attached hydrogens (primary N) is 1. The molecule has 2 nitrogen and oxygen atoms in total. The fraction of sp³-hybridized carbons (Fsp3) is 0.429. The summed E-state index contributed by atoms with van der Waals surface area (Å²) in [6.45, 7) is 4.32. The standard InChI is InChI=1S/C14H20N2/c1-4-10-6-7-14-11(8-10)12(9-16(14)3)13(15)5-2/h6-9,13H,4-5,15H2,1-3H3. The number of rotatable bonds is 3. The van der Waals surface area contributed by atoms with Crippen LogP contribution in [0.25, 0.3) is 10.9 Å². The molecule has 1 unspecified atom stereocenters.